The van der Waals surface area contributed by atoms with Gasteiger partial charge in [0.05, 0.1) is 6.61 Å². The second-order valence-electron chi connectivity index (χ2n) is 5.30. The van der Waals surface area contributed by atoms with Crippen LogP contribution < -0.4 is 5.32 Å². The minimum absolute atomic E-state index is 0.250. The van der Waals surface area contributed by atoms with Crippen molar-refractivity contribution in [2.45, 2.75) is 46.3 Å². The van der Waals surface area contributed by atoms with E-state index in [1.807, 2.05) is 32.0 Å². The Hall–Kier alpha value is -2.14. The number of ether oxygens (including phenoxy) is 2. The number of carbonyl (C=O) groups excluding carboxylic acids is 2. The molecule has 1 rings (SSSR count). The van der Waals surface area contributed by atoms with Gasteiger partial charge in [-0.3, -0.25) is 4.79 Å². The van der Waals surface area contributed by atoms with Crippen LogP contribution in [-0.2, 0) is 25.5 Å². The molecule has 0 spiro atoms. The SMILES string of the molecule is C=CCOC(C)C(=O)OC(C)C(=O)Nc1c(C)cccc1CC. The minimum Gasteiger partial charge on any atom is -0.451 e. The van der Waals surface area contributed by atoms with Crippen LogP contribution in [0.4, 0.5) is 5.69 Å². The molecule has 126 valence electrons. The third-order valence-electron chi connectivity index (χ3n) is 3.45. The highest BCUT2D eigenvalue weighted by molar-refractivity contribution is 5.96. The van der Waals surface area contributed by atoms with Crippen molar-refractivity contribution in [1.82, 2.24) is 0 Å². The summed E-state index contributed by atoms with van der Waals surface area (Å²) in [5.41, 5.74) is 2.79. The lowest BCUT2D eigenvalue weighted by atomic mass is 10.1. The number of rotatable bonds is 8. The number of hydrogen-bond acceptors (Lipinski definition) is 4. The number of para-hydroxylation sites is 1. The van der Waals surface area contributed by atoms with Crippen LogP contribution in [-0.4, -0.2) is 30.7 Å². The Labute approximate surface area is 137 Å². The van der Waals surface area contributed by atoms with E-state index in [9.17, 15) is 9.59 Å². The monoisotopic (exact) mass is 319 g/mol. The molecule has 0 saturated heterocycles. The van der Waals surface area contributed by atoms with Gasteiger partial charge in [-0.25, -0.2) is 4.79 Å². The van der Waals surface area contributed by atoms with Gasteiger partial charge in [0.25, 0.3) is 5.91 Å². The number of carbonyl (C=O) groups is 2. The maximum Gasteiger partial charge on any atom is 0.335 e. The maximum atomic E-state index is 12.3. The number of anilines is 1. The number of nitrogens with one attached hydrogen (secondary N) is 1. The summed E-state index contributed by atoms with van der Waals surface area (Å²) >= 11 is 0. The average Bonchev–Trinajstić information content (AvgIpc) is 2.53. The second kappa shape index (κ2) is 9.10. The summed E-state index contributed by atoms with van der Waals surface area (Å²) < 4.78 is 10.3. The van der Waals surface area contributed by atoms with Gasteiger partial charge in [-0.05, 0) is 38.3 Å². The molecule has 0 fully saturated rings. The van der Waals surface area contributed by atoms with E-state index in [0.717, 1.165) is 23.2 Å². The lowest BCUT2D eigenvalue weighted by Gasteiger charge is -2.18. The van der Waals surface area contributed by atoms with Gasteiger partial charge >= 0.3 is 5.97 Å². The largest absolute Gasteiger partial charge is 0.451 e. The summed E-state index contributed by atoms with van der Waals surface area (Å²) in [6, 6.07) is 5.84. The first-order valence-electron chi connectivity index (χ1n) is 7.73. The Morgan fingerprint density at radius 1 is 1.30 bits per heavy atom. The number of amides is 1. The standard InChI is InChI=1S/C18H25NO4/c1-6-11-22-14(5)18(21)23-13(4)17(20)19-16-12(3)9-8-10-15(16)7-2/h6,8-10,13-14H,1,7,11H2,2-5H3,(H,19,20). The lowest BCUT2D eigenvalue weighted by molar-refractivity contribution is -0.163. The molecule has 5 heteroatoms. The quantitative estimate of drug-likeness (QED) is 0.591. The van der Waals surface area contributed by atoms with E-state index in [2.05, 4.69) is 11.9 Å². The van der Waals surface area contributed by atoms with Crippen LogP contribution in [0.1, 0.15) is 31.9 Å². The predicted octanol–water partition coefficient (Wildman–Crippen LogP) is 3.02. The van der Waals surface area contributed by atoms with Crippen molar-refractivity contribution in [3.05, 3.63) is 42.0 Å². The molecule has 0 aliphatic heterocycles. The van der Waals surface area contributed by atoms with Crippen molar-refractivity contribution in [2.75, 3.05) is 11.9 Å². The van der Waals surface area contributed by atoms with Gasteiger partial charge in [-0.2, -0.15) is 0 Å². The number of hydrogen-bond donors (Lipinski definition) is 1. The van der Waals surface area contributed by atoms with Crippen LogP contribution in [0.5, 0.6) is 0 Å². The Morgan fingerprint density at radius 3 is 2.61 bits per heavy atom. The van der Waals surface area contributed by atoms with Gasteiger partial charge in [-0.1, -0.05) is 31.2 Å². The van der Waals surface area contributed by atoms with Crippen LogP contribution in [0, 0.1) is 6.92 Å². The fourth-order valence-electron chi connectivity index (χ4n) is 2.03. The van der Waals surface area contributed by atoms with Crippen molar-refractivity contribution >= 4 is 17.6 Å². The number of esters is 1. The molecule has 2 atom stereocenters. The smallest absolute Gasteiger partial charge is 0.335 e. The summed E-state index contributed by atoms with van der Waals surface area (Å²) in [7, 11) is 0. The van der Waals surface area contributed by atoms with Gasteiger partial charge in [-0.15, -0.1) is 6.58 Å². The van der Waals surface area contributed by atoms with E-state index in [1.165, 1.54) is 6.92 Å². The molecular formula is C18H25NO4. The number of aryl methyl sites for hydroxylation is 2. The van der Waals surface area contributed by atoms with Crippen LogP contribution in [0.3, 0.4) is 0 Å². The minimum atomic E-state index is -0.901. The molecule has 0 radical (unpaired) electrons. The molecule has 23 heavy (non-hydrogen) atoms. The maximum absolute atomic E-state index is 12.3. The van der Waals surface area contributed by atoms with E-state index in [0.29, 0.717) is 0 Å². The molecule has 0 bridgehead atoms. The molecule has 0 heterocycles. The van der Waals surface area contributed by atoms with Gasteiger partial charge in [0.2, 0.25) is 0 Å². The van der Waals surface area contributed by atoms with Crippen molar-refractivity contribution in [3.8, 4) is 0 Å². The van der Waals surface area contributed by atoms with Gasteiger partial charge in [0, 0.05) is 5.69 Å². The first kappa shape index (κ1) is 18.9. The van der Waals surface area contributed by atoms with Crippen LogP contribution >= 0.6 is 0 Å². The van der Waals surface area contributed by atoms with Gasteiger partial charge in [0.1, 0.15) is 0 Å². The van der Waals surface area contributed by atoms with Crippen molar-refractivity contribution < 1.29 is 19.1 Å². The highest BCUT2D eigenvalue weighted by atomic mass is 16.6. The van der Waals surface area contributed by atoms with Gasteiger partial charge in [0.15, 0.2) is 12.2 Å². The highest BCUT2D eigenvalue weighted by Crippen LogP contribution is 2.21. The molecule has 1 aromatic rings. The fourth-order valence-corrected chi connectivity index (χ4v) is 2.03. The van der Waals surface area contributed by atoms with E-state index >= 15 is 0 Å². The second-order valence-corrected chi connectivity index (χ2v) is 5.30. The third kappa shape index (κ3) is 5.53. The van der Waals surface area contributed by atoms with Crippen LogP contribution in [0.25, 0.3) is 0 Å². The molecule has 1 aromatic carbocycles. The summed E-state index contributed by atoms with van der Waals surface area (Å²) in [5, 5.41) is 2.84. The third-order valence-corrected chi connectivity index (χ3v) is 3.45. The topological polar surface area (TPSA) is 64.6 Å². The molecule has 0 aliphatic rings. The molecule has 1 amide bonds. The van der Waals surface area contributed by atoms with E-state index in [-0.39, 0.29) is 12.5 Å². The zero-order chi connectivity index (χ0) is 17.4. The average molecular weight is 319 g/mol. The zero-order valence-corrected chi connectivity index (χ0v) is 14.2. The zero-order valence-electron chi connectivity index (χ0n) is 14.2. The lowest BCUT2D eigenvalue weighted by Crippen LogP contribution is -2.34. The van der Waals surface area contributed by atoms with Crippen LogP contribution in [0.15, 0.2) is 30.9 Å². The molecule has 0 aromatic heterocycles. The molecule has 1 N–H and O–H groups in total. The first-order chi connectivity index (χ1) is 10.9. The Morgan fingerprint density at radius 2 is 2.00 bits per heavy atom. The Balaban J connectivity index is 2.68. The summed E-state index contributed by atoms with van der Waals surface area (Å²) in [5.74, 6) is -0.937. The molecular weight excluding hydrogens is 294 g/mol. The van der Waals surface area contributed by atoms with Crippen molar-refractivity contribution in [1.29, 1.82) is 0 Å². The van der Waals surface area contributed by atoms with E-state index in [4.69, 9.17) is 9.47 Å². The Kier molecular flexibility index (Phi) is 7.48. The summed E-state index contributed by atoms with van der Waals surface area (Å²) in [6.07, 6.45) is 0.705. The molecule has 0 saturated carbocycles. The molecule has 0 aliphatic carbocycles. The summed E-state index contributed by atoms with van der Waals surface area (Å²) in [6.45, 7) is 10.8. The fraction of sp³-hybridized carbons (Fsp3) is 0.444. The summed E-state index contributed by atoms with van der Waals surface area (Å²) in [4.78, 5) is 24.1. The molecule has 2 unspecified atom stereocenters. The normalized spacial score (nSPS) is 13.0. The van der Waals surface area contributed by atoms with Crippen LogP contribution in [0.2, 0.25) is 0 Å². The predicted molar refractivity (Wildman–Crippen MR) is 90.4 cm³/mol. The van der Waals surface area contributed by atoms with Crippen molar-refractivity contribution in [3.63, 3.8) is 0 Å². The van der Waals surface area contributed by atoms with E-state index in [1.54, 1.807) is 13.0 Å². The first-order valence-corrected chi connectivity index (χ1v) is 7.73. The van der Waals surface area contributed by atoms with E-state index < -0.39 is 18.2 Å². The number of benzene rings is 1. The molecule has 5 nitrogen and oxygen atoms in total. The van der Waals surface area contributed by atoms with Crippen molar-refractivity contribution in [2.24, 2.45) is 0 Å². The highest BCUT2D eigenvalue weighted by Gasteiger charge is 2.23. The van der Waals surface area contributed by atoms with Gasteiger partial charge < -0.3 is 14.8 Å². The Bertz CT molecular complexity index is 568.